The minimum atomic E-state index is -4.37. The van der Waals surface area contributed by atoms with Crippen molar-refractivity contribution in [3.8, 4) is 11.4 Å². The van der Waals surface area contributed by atoms with Crippen LogP contribution in [0.25, 0.3) is 16.6 Å². The highest BCUT2D eigenvalue weighted by Crippen LogP contribution is 2.30. The number of ether oxygens (including phenoxy) is 1. The molecule has 0 saturated heterocycles. The number of aryl methyl sites for hydroxylation is 2. The summed E-state index contributed by atoms with van der Waals surface area (Å²) in [5, 5.41) is 14.3. The van der Waals surface area contributed by atoms with E-state index in [1.165, 1.54) is 12.1 Å². The number of rotatable bonds is 8. The molecule has 0 atom stereocenters. The highest BCUT2D eigenvalue weighted by molar-refractivity contribution is 7.99. The molecule has 1 N–H and O–H groups in total. The predicted molar refractivity (Wildman–Crippen MR) is 125 cm³/mol. The number of thioether (sulfide) groups is 1. The fourth-order valence-corrected chi connectivity index (χ4v) is 4.52. The monoisotopic (exact) mass is 486 g/mol. The third-order valence-electron chi connectivity index (χ3n) is 5.22. The van der Waals surface area contributed by atoms with Crippen LogP contribution in [0.4, 0.5) is 13.2 Å². The van der Waals surface area contributed by atoms with Crippen molar-refractivity contribution in [1.29, 1.82) is 0 Å². The zero-order valence-electron chi connectivity index (χ0n) is 18.2. The number of benzene rings is 3. The Balaban J connectivity index is 1.44. The lowest BCUT2D eigenvalue weighted by molar-refractivity contribution is -0.139. The van der Waals surface area contributed by atoms with Gasteiger partial charge in [-0.25, -0.2) is 9.48 Å². The number of hydrogen-bond acceptors (Lipinski definition) is 4. The number of halogens is 3. The first kappa shape index (κ1) is 23.7. The smallest absolute Gasteiger partial charge is 0.416 e. The van der Waals surface area contributed by atoms with E-state index < -0.39 is 17.7 Å². The van der Waals surface area contributed by atoms with Crippen molar-refractivity contribution < 1.29 is 27.8 Å². The summed E-state index contributed by atoms with van der Waals surface area (Å²) in [5.74, 6) is 0.319. The van der Waals surface area contributed by atoms with Crippen LogP contribution in [-0.2, 0) is 17.4 Å². The molecule has 0 aliphatic heterocycles. The van der Waals surface area contributed by atoms with Crippen molar-refractivity contribution >= 4 is 28.6 Å². The number of fused-ring (bicyclic) bond motifs is 1. The lowest BCUT2D eigenvalue weighted by Gasteiger charge is -2.09. The molecular weight excluding hydrogens is 465 g/mol. The molecule has 0 radical (unpaired) electrons. The van der Waals surface area contributed by atoms with E-state index in [1.807, 2.05) is 43.5 Å². The van der Waals surface area contributed by atoms with Gasteiger partial charge in [0, 0.05) is 22.2 Å². The molecule has 1 heterocycles. The molecular formula is C25H21F3N2O3S. The van der Waals surface area contributed by atoms with Crippen molar-refractivity contribution in [3.63, 3.8) is 0 Å². The lowest BCUT2D eigenvalue weighted by atomic mass is 10.1. The SMILES string of the molecule is Cc1cc(SCCc2cccc3cn(-c4ccc(C(F)(F)F)cc4)nc23)ccc1OCC(=O)O. The summed E-state index contributed by atoms with van der Waals surface area (Å²) in [7, 11) is 0. The normalized spacial score (nSPS) is 11.6. The van der Waals surface area contributed by atoms with Gasteiger partial charge < -0.3 is 9.84 Å². The zero-order chi connectivity index (χ0) is 24.3. The minimum absolute atomic E-state index is 0.379. The highest BCUT2D eigenvalue weighted by Gasteiger charge is 2.30. The van der Waals surface area contributed by atoms with E-state index in [9.17, 15) is 18.0 Å². The van der Waals surface area contributed by atoms with E-state index in [0.717, 1.165) is 51.2 Å². The highest BCUT2D eigenvalue weighted by atomic mass is 32.2. The maximum atomic E-state index is 12.8. The van der Waals surface area contributed by atoms with Gasteiger partial charge in [0.2, 0.25) is 0 Å². The number of aromatic nitrogens is 2. The van der Waals surface area contributed by atoms with Crippen LogP contribution < -0.4 is 4.74 Å². The second kappa shape index (κ2) is 9.80. The molecule has 0 fully saturated rings. The molecule has 0 spiro atoms. The molecule has 4 rings (SSSR count). The molecule has 1 aromatic heterocycles. The number of carboxylic acid groups (broad SMARTS) is 1. The molecule has 3 aromatic carbocycles. The molecule has 0 aliphatic carbocycles. The van der Waals surface area contributed by atoms with Crippen LogP contribution in [0.2, 0.25) is 0 Å². The van der Waals surface area contributed by atoms with Gasteiger partial charge >= 0.3 is 12.1 Å². The molecule has 0 amide bonds. The van der Waals surface area contributed by atoms with E-state index in [0.29, 0.717) is 11.4 Å². The maximum Gasteiger partial charge on any atom is 0.416 e. The predicted octanol–water partition coefficient (Wildman–Crippen LogP) is 6.15. The van der Waals surface area contributed by atoms with Crippen molar-refractivity contribution in [2.24, 2.45) is 0 Å². The van der Waals surface area contributed by atoms with Gasteiger partial charge in [-0.3, -0.25) is 0 Å². The quantitative estimate of drug-likeness (QED) is 0.303. The van der Waals surface area contributed by atoms with Crippen molar-refractivity contribution in [3.05, 3.63) is 83.6 Å². The van der Waals surface area contributed by atoms with Crippen LogP contribution >= 0.6 is 11.8 Å². The van der Waals surface area contributed by atoms with Gasteiger partial charge in [0.25, 0.3) is 0 Å². The van der Waals surface area contributed by atoms with Gasteiger partial charge in [-0.2, -0.15) is 18.3 Å². The summed E-state index contributed by atoms with van der Waals surface area (Å²) in [6, 6.07) is 16.4. The molecule has 0 bridgehead atoms. The van der Waals surface area contributed by atoms with Crippen LogP contribution in [0, 0.1) is 6.92 Å². The van der Waals surface area contributed by atoms with Crippen LogP contribution in [0.5, 0.6) is 5.75 Å². The largest absolute Gasteiger partial charge is 0.482 e. The first-order valence-corrected chi connectivity index (χ1v) is 11.4. The lowest BCUT2D eigenvalue weighted by Crippen LogP contribution is -2.10. The molecule has 0 unspecified atom stereocenters. The van der Waals surface area contributed by atoms with E-state index in [1.54, 1.807) is 22.5 Å². The molecule has 34 heavy (non-hydrogen) atoms. The van der Waals surface area contributed by atoms with Gasteiger partial charge in [-0.05, 0) is 66.9 Å². The third-order valence-corrected chi connectivity index (χ3v) is 6.21. The molecule has 0 saturated carbocycles. The number of alkyl halides is 3. The van der Waals surface area contributed by atoms with Crippen molar-refractivity contribution in [1.82, 2.24) is 9.78 Å². The third kappa shape index (κ3) is 5.53. The first-order chi connectivity index (χ1) is 16.2. The van der Waals surface area contributed by atoms with E-state index >= 15 is 0 Å². The first-order valence-electron chi connectivity index (χ1n) is 10.4. The number of carbonyl (C=O) groups is 1. The Bertz CT molecular complexity index is 1320. The number of aliphatic carboxylic acids is 1. The van der Waals surface area contributed by atoms with E-state index in [-0.39, 0.29) is 6.61 Å². The zero-order valence-corrected chi connectivity index (χ0v) is 19.0. The fourth-order valence-electron chi connectivity index (χ4n) is 3.53. The molecule has 4 aromatic rings. The summed E-state index contributed by atoms with van der Waals surface area (Å²) < 4.78 is 45.4. The summed E-state index contributed by atoms with van der Waals surface area (Å²) in [6.45, 7) is 1.49. The average Bonchev–Trinajstić information content (AvgIpc) is 3.23. The number of hydrogen-bond donors (Lipinski definition) is 1. The standard InChI is InChI=1S/C25H21F3N2O3S/c1-16-13-21(9-10-22(16)33-15-23(31)32)34-12-11-17-3-2-4-18-14-30(29-24(17)18)20-7-5-19(6-8-20)25(26,27)28/h2-10,13-14H,11-12,15H2,1H3,(H,31,32). The van der Waals surface area contributed by atoms with Crippen LogP contribution in [0.1, 0.15) is 16.7 Å². The Morgan fingerprint density at radius 3 is 2.56 bits per heavy atom. The number of carboxylic acids is 1. The van der Waals surface area contributed by atoms with Crippen molar-refractivity contribution in [2.45, 2.75) is 24.4 Å². The maximum absolute atomic E-state index is 12.8. The van der Waals surface area contributed by atoms with Gasteiger partial charge in [-0.15, -0.1) is 11.8 Å². The molecule has 0 aliphatic rings. The second-order valence-electron chi connectivity index (χ2n) is 7.68. The van der Waals surface area contributed by atoms with Gasteiger partial charge in [-0.1, -0.05) is 18.2 Å². The summed E-state index contributed by atoms with van der Waals surface area (Å²) in [6.07, 6.45) is -1.81. The molecule has 9 heteroatoms. The Morgan fingerprint density at radius 2 is 1.88 bits per heavy atom. The Morgan fingerprint density at radius 1 is 1.12 bits per heavy atom. The number of nitrogens with zero attached hydrogens (tertiary/aromatic N) is 2. The van der Waals surface area contributed by atoms with Crippen LogP contribution in [-0.4, -0.2) is 33.2 Å². The summed E-state index contributed by atoms with van der Waals surface area (Å²) in [5.41, 5.74) is 2.60. The van der Waals surface area contributed by atoms with Gasteiger partial charge in [0.05, 0.1) is 16.8 Å². The van der Waals surface area contributed by atoms with Gasteiger partial charge in [0.1, 0.15) is 5.75 Å². The Kier molecular flexibility index (Phi) is 6.83. The Labute approximate surface area is 198 Å². The van der Waals surface area contributed by atoms with E-state index in [4.69, 9.17) is 9.84 Å². The van der Waals surface area contributed by atoms with Crippen LogP contribution in [0.15, 0.2) is 71.8 Å². The minimum Gasteiger partial charge on any atom is -0.482 e. The van der Waals surface area contributed by atoms with E-state index in [2.05, 4.69) is 5.10 Å². The molecule has 5 nitrogen and oxygen atoms in total. The average molecular weight is 487 g/mol. The van der Waals surface area contributed by atoms with Crippen LogP contribution in [0.3, 0.4) is 0 Å². The summed E-state index contributed by atoms with van der Waals surface area (Å²) >= 11 is 1.67. The Hall–Kier alpha value is -3.46. The summed E-state index contributed by atoms with van der Waals surface area (Å²) in [4.78, 5) is 11.7. The van der Waals surface area contributed by atoms with Gasteiger partial charge in [0.15, 0.2) is 6.61 Å². The topological polar surface area (TPSA) is 64.4 Å². The second-order valence-corrected chi connectivity index (χ2v) is 8.85. The van der Waals surface area contributed by atoms with Crippen molar-refractivity contribution in [2.75, 3.05) is 12.4 Å². The fraction of sp³-hybridized carbons (Fsp3) is 0.200. The molecule has 176 valence electrons.